The molecule has 2 aromatic carbocycles. The standard InChI is InChI=1S/C19H16N4O4/c24-19(20-13-5-6-13)21-14-3-1-2-12(8-14)18-22-17(23-27-18)11-4-7-15-16(9-11)26-10-25-15/h1-4,7-9,13H,5-6,10H2,(H2,20,21,24). The number of hydrogen-bond donors (Lipinski definition) is 2. The molecular formula is C19H16N4O4. The predicted octanol–water partition coefficient (Wildman–Crippen LogP) is 3.42. The number of ether oxygens (including phenoxy) is 2. The summed E-state index contributed by atoms with van der Waals surface area (Å²) in [6.07, 6.45) is 2.08. The first-order chi connectivity index (χ1) is 13.2. The van der Waals surface area contributed by atoms with Gasteiger partial charge in [-0.1, -0.05) is 11.2 Å². The van der Waals surface area contributed by atoms with Crippen LogP contribution in [0.3, 0.4) is 0 Å². The van der Waals surface area contributed by atoms with E-state index in [1.807, 2.05) is 36.4 Å². The van der Waals surface area contributed by atoms with Gasteiger partial charge in [-0.25, -0.2) is 4.79 Å². The molecule has 0 bridgehead atoms. The van der Waals surface area contributed by atoms with E-state index in [0.29, 0.717) is 34.9 Å². The first-order valence-corrected chi connectivity index (χ1v) is 8.66. The lowest BCUT2D eigenvalue weighted by atomic mass is 10.2. The average molecular weight is 364 g/mol. The minimum Gasteiger partial charge on any atom is -0.454 e. The highest BCUT2D eigenvalue weighted by Crippen LogP contribution is 2.35. The molecule has 0 unspecified atom stereocenters. The van der Waals surface area contributed by atoms with Gasteiger partial charge in [-0.3, -0.25) is 0 Å². The van der Waals surface area contributed by atoms with Crippen LogP contribution in [0, 0.1) is 0 Å². The number of aromatic nitrogens is 2. The second kappa shape index (κ2) is 6.31. The minimum atomic E-state index is -0.207. The fourth-order valence-corrected chi connectivity index (χ4v) is 2.80. The van der Waals surface area contributed by atoms with Crippen molar-refractivity contribution in [3.8, 4) is 34.3 Å². The van der Waals surface area contributed by atoms with Crippen LogP contribution in [-0.2, 0) is 0 Å². The number of carbonyl (C=O) groups is 1. The Balaban J connectivity index is 1.36. The quantitative estimate of drug-likeness (QED) is 0.736. The molecule has 2 heterocycles. The van der Waals surface area contributed by atoms with E-state index < -0.39 is 0 Å². The lowest BCUT2D eigenvalue weighted by Crippen LogP contribution is -2.30. The monoisotopic (exact) mass is 364 g/mol. The number of carbonyl (C=O) groups excluding carboxylic acids is 1. The summed E-state index contributed by atoms with van der Waals surface area (Å²) in [6.45, 7) is 0.213. The van der Waals surface area contributed by atoms with Crippen molar-refractivity contribution in [2.24, 2.45) is 0 Å². The van der Waals surface area contributed by atoms with Crippen LogP contribution in [0.15, 0.2) is 47.0 Å². The maximum Gasteiger partial charge on any atom is 0.319 e. The minimum absolute atomic E-state index is 0.207. The van der Waals surface area contributed by atoms with Gasteiger partial charge in [-0.05, 0) is 49.2 Å². The van der Waals surface area contributed by atoms with Crippen LogP contribution in [0.25, 0.3) is 22.8 Å². The average Bonchev–Trinajstić information content (AvgIpc) is 3.18. The number of benzene rings is 2. The Morgan fingerprint density at radius 3 is 2.81 bits per heavy atom. The Bertz CT molecular complexity index is 1010. The highest BCUT2D eigenvalue weighted by Gasteiger charge is 2.23. The number of urea groups is 1. The van der Waals surface area contributed by atoms with Crippen molar-refractivity contribution in [3.05, 3.63) is 42.5 Å². The maximum absolute atomic E-state index is 11.9. The number of hydrogen-bond acceptors (Lipinski definition) is 6. The molecule has 0 radical (unpaired) electrons. The highest BCUT2D eigenvalue weighted by molar-refractivity contribution is 5.90. The van der Waals surface area contributed by atoms with Crippen LogP contribution in [0.2, 0.25) is 0 Å². The Hall–Kier alpha value is -3.55. The number of nitrogens with zero attached hydrogens (tertiary/aromatic N) is 2. The first kappa shape index (κ1) is 15.7. The van der Waals surface area contributed by atoms with E-state index in [0.717, 1.165) is 24.0 Å². The zero-order chi connectivity index (χ0) is 18.2. The van der Waals surface area contributed by atoms with Gasteiger partial charge in [0.2, 0.25) is 12.6 Å². The topological polar surface area (TPSA) is 98.5 Å². The molecule has 1 aliphatic carbocycles. The van der Waals surface area contributed by atoms with Crippen LogP contribution >= 0.6 is 0 Å². The molecule has 3 aromatic rings. The number of fused-ring (bicyclic) bond motifs is 1. The van der Waals surface area contributed by atoms with Gasteiger partial charge in [0.15, 0.2) is 11.5 Å². The number of amides is 2. The van der Waals surface area contributed by atoms with Gasteiger partial charge >= 0.3 is 6.03 Å². The molecule has 8 nitrogen and oxygen atoms in total. The normalized spacial score (nSPS) is 14.8. The summed E-state index contributed by atoms with van der Waals surface area (Å²) in [6, 6.07) is 12.9. The van der Waals surface area contributed by atoms with Crippen molar-refractivity contribution in [3.63, 3.8) is 0 Å². The summed E-state index contributed by atoms with van der Waals surface area (Å²) in [5.41, 5.74) is 2.15. The molecule has 8 heteroatoms. The summed E-state index contributed by atoms with van der Waals surface area (Å²) < 4.78 is 16.1. The van der Waals surface area contributed by atoms with Gasteiger partial charge in [-0.2, -0.15) is 4.98 Å². The molecule has 0 spiro atoms. The van der Waals surface area contributed by atoms with Crippen LogP contribution in [-0.4, -0.2) is 29.0 Å². The third kappa shape index (κ3) is 3.29. The van der Waals surface area contributed by atoms with Crippen LogP contribution < -0.4 is 20.1 Å². The van der Waals surface area contributed by atoms with E-state index in [1.54, 1.807) is 6.07 Å². The van der Waals surface area contributed by atoms with Crippen LogP contribution in [0.1, 0.15) is 12.8 Å². The fraction of sp³-hybridized carbons (Fsp3) is 0.211. The summed E-state index contributed by atoms with van der Waals surface area (Å²) >= 11 is 0. The van der Waals surface area contributed by atoms with Crippen molar-refractivity contribution in [1.82, 2.24) is 15.5 Å². The third-order valence-corrected chi connectivity index (χ3v) is 4.34. The van der Waals surface area contributed by atoms with Gasteiger partial charge in [-0.15, -0.1) is 0 Å². The Kier molecular flexibility index (Phi) is 3.67. The largest absolute Gasteiger partial charge is 0.454 e. The van der Waals surface area contributed by atoms with E-state index in [2.05, 4.69) is 20.8 Å². The van der Waals surface area contributed by atoms with Crippen molar-refractivity contribution in [1.29, 1.82) is 0 Å². The van der Waals surface area contributed by atoms with Crippen LogP contribution in [0.5, 0.6) is 11.5 Å². The van der Waals surface area contributed by atoms with Gasteiger partial charge in [0, 0.05) is 22.9 Å². The maximum atomic E-state index is 11.9. The van der Waals surface area contributed by atoms with E-state index in [9.17, 15) is 4.79 Å². The molecule has 1 saturated carbocycles. The van der Waals surface area contributed by atoms with E-state index in [-0.39, 0.29) is 12.8 Å². The molecule has 0 saturated heterocycles. The second-order valence-electron chi connectivity index (χ2n) is 6.44. The zero-order valence-electron chi connectivity index (χ0n) is 14.3. The number of rotatable bonds is 4. The summed E-state index contributed by atoms with van der Waals surface area (Å²) in [5.74, 6) is 2.18. The van der Waals surface area contributed by atoms with Gasteiger partial charge in [0.05, 0.1) is 0 Å². The van der Waals surface area contributed by atoms with Crippen molar-refractivity contribution < 1.29 is 18.8 Å². The summed E-state index contributed by atoms with van der Waals surface area (Å²) in [5, 5.41) is 9.75. The molecule has 2 N–H and O–H groups in total. The third-order valence-electron chi connectivity index (χ3n) is 4.34. The molecule has 1 aliphatic heterocycles. The molecule has 2 aliphatic rings. The van der Waals surface area contributed by atoms with Gasteiger partial charge in [0.1, 0.15) is 0 Å². The molecule has 5 rings (SSSR count). The molecule has 27 heavy (non-hydrogen) atoms. The zero-order valence-corrected chi connectivity index (χ0v) is 14.3. The molecule has 136 valence electrons. The summed E-state index contributed by atoms with van der Waals surface area (Å²) in [7, 11) is 0. The Morgan fingerprint density at radius 1 is 1.04 bits per heavy atom. The number of nitrogens with one attached hydrogen (secondary N) is 2. The number of anilines is 1. The van der Waals surface area contributed by atoms with Gasteiger partial charge in [0.25, 0.3) is 5.89 Å². The lowest BCUT2D eigenvalue weighted by Gasteiger charge is -2.07. The summed E-state index contributed by atoms with van der Waals surface area (Å²) in [4.78, 5) is 16.3. The highest BCUT2D eigenvalue weighted by atomic mass is 16.7. The molecule has 1 fully saturated rings. The van der Waals surface area contributed by atoms with E-state index >= 15 is 0 Å². The molecule has 2 amide bonds. The van der Waals surface area contributed by atoms with Gasteiger partial charge < -0.3 is 24.6 Å². The lowest BCUT2D eigenvalue weighted by molar-refractivity contribution is 0.174. The molecule has 1 aromatic heterocycles. The SMILES string of the molecule is O=C(Nc1cccc(-c2nc(-c3ccc4c(c3)OCO4)no2)c1)NC1CC1. The van der Waals surface area contributed by atoms with E-state index in [4.69, 9.17) is 14.0 Å². The Morgan fingerprint density at radius 2 is 1.93 bits per heavy atom. The van der Waals surface area contributed by atoms with E-state index in [1.165, 1.54) is 0 Å². The second-order valence-corrected chi connectivity index (χ2v) is 6.44. The fourth-order valence-electron chi connectivity index (χ4n) is 2.80. The predicted molar refractivity (Wildman–Crippen MR) is 96.5 cm³/mol. The van der Waals surface area contributed by atoms with Crippen LogP contribution in [0.4, 0.5) is 10.5 Å². The molecule has 0 atom stereocenters. The first-order valence-electron chi connectivity index (χ1n) is 8.66. The smallest absolute Gasteiger partial charge is 0.319 e. The van der Waals surface area contributed by atoms with Crippen molar-refractivity contribution in [2.45, 2.75) is 18.9 Å². The van der Waals surface area contributed by atoms with Crippen molar-refractivity contribution in [2.75, 3.05) is 12.1 Å². The molecular weight excluding hydrogens is 348 g/mol. The van der Waals surface area contributed by atoms with Crippen molar-refractivity contribution >= 4 is 11.7 Å². The Labute approximate surface area is 154 Å².